The van der Waals surface area contributed by atoms with Gasteiger partial charge in [-0.15, -0.1) is 0 Å². The fourth-order valence-corrected chi connectivity index (χ4v) is 6.01. The summed E-state index contributed by atoms with van der Waals surface area (Å²) in [5.74, 6) is 0.256. The van der Waals surface area contributed by atoms with Gasteiger partial charge in [0, 0.05) is 32.0 Å². The lowest BCUT2D eigenvalue weighted by molar-refractivity contribution is -0.153. The van der Waals surface area contributed by atoms with E-state index < -0.39 is 6.10 Å². The Morgan fingerprint density at radius 2 is 1.85 bits per heavy atom. The first kappa shape index (κ1) is 20.6. The summed E-state index contributed by atoms with van der Waals surface area (Å²) in [7, 11) is 0. The molecule has 7 atom stereocenters. The zero-order valence-electron chi connectivity index (χ0n) is 17.2. The molecule has 3 rings (SSSR count). The van der Waals surface area contributed by atoms with Crippen molar-refractivity contribution in [2.24, 2.45) is 29.1 Å². The van der Waals surface area contributed by atoms with Crippen molar-refractivity contribution in [3.63, 3.8) is 0 Å². The number of nitrogens with zero attached hydrogens (tertiary/aromatic N) is 1. The second-order valence-electron chi connectivity index (χ2n) is 9.30. The van der Waals surface area contributed by atoms with Crippen LogP contribution in [0.25, 0.3) is 0 Å². The van der Waals surface area contributed by atoms with Crippen LogP contribution in [0.15, 0.2) is 0 Å². The molecule has 3 fully saturated rings. The summed E-state index contributed by atoms with van der Waals surface area (Å²) in [6.45, 7) is 10.5. The average Bonchev–Trinajstić information content (AvgIpc) is 2.64. The van der Waals surface area contributed by atoms with E-state index in [0.717, 1.165) is 25.7 Å². The van der Waals surface area contributed by atoms with Crippen molar-refractivity contribution in [2.45, 2.75) is 65.5 Å². The van der Waals surface area contributed by atoms with E-state index in [1.165, 1.54) is 0 Å². The highest BCUT2D eigenvalue weighted by Gasteiger charge is 2.54. The quantitative estimate of drug-likeness (QED) is 0.783. The van der Waals surface area contributed by atoms with E-state index in [0.29, 0.717) is 26.3 Å². The number of amides is 2. The van der Waals surface area contributed by atoms with Gasteiger partial charge in [0.25, 0.3) is 0 Å². The van der Waals surface area contributed by atoms with Crippen LogP contribution < -0.4 is 5.32 Å². The first-order valence-electron chi connectivity index (χ1n) is 10.6. The zero-order chi connectivity index (χ0) is 19.8. The molecule has 1 aliphatic heterocycles. The number of carbonyl (C=O) groups is 2. The Balaban J connectivity index is 1.74. The zero-order valence-corrected chi connectivity index (χ0v) is 17.2. The SMILES string of the molecule is CC(=O)N[C@H]1CC[C@]2(C)CC[C@@H]([C@H](C)C(=O)N3CCOCC3)[C@H](O)[C@H]2[C@@H]1C. The number of nitrogens with one attached hydrogen (secondary N) is 1. The van der Waals surface area contributed by atoms with Crippen LogP contribution in [0.5, 0.6) is 0 Å². The Kier molecular flexibility index (Phi) is 6.16. The van der Waals surface area contributed by atoms with Crippen LogP contribution in [0.1, 0.15) is 53.4 Å². The van der Waals surface area contributed by atoms with E-state index in [2.05, 4.69) is 19.2 Å². The van der Waals surface area contributed by atoms with Gasteiger partial charge in [0.05, 0.1) is 19.3 Å². The van der Waals surface area contributed by atoms with Crippen LogP contribution in [0.3, 0.4) is 0 Å². The van der Waals surface area contributed by atoms with Crippen LogP contribution in [0, 0.1) is 29.1 Å². The topological polar surface area (TPSA) is 78.9 Å². The van der Waals surface area contributed by atoms with E-state index >= 15 is 0 Å². The maximum Gasteiger partial charge on any atom is 0.225 e. The fraction of sp³-hybridized carbons (Fsp3) is 0.905. The number of hydrogen-bond donors (Lipinski definition) is 2. The van der Waals surface area contributed by atoms with Crippen LogP contribution >= 0.6 is 0 Å². The molecule has 0 spiro atoms. The Morgan fingerprint density at radius 1 is 1.22 bits per heavy atom. The second-order valence-corrected chi connectivity index (χ2v) is 9.30. The summed E-state index contributed by atoms with van der Waals surface area (Å²) < 4.78 is 5.36. The van der Waals surface area contributed by atoms with Gasteiger partial charge in [0.1, 0.15) is 0 Å². The summed E-state index contributed by atoms with van der Waals surface area (Å²) in [4.78, 5) is 26.4. The van der Waals surface area contributed by atoms with Crippen LogP contribution in [0.4, 0.5) is 0 Å². The van der Waals surface area contributed by atoms with E-state index in [4.69, 9.17) is 4.74 Å². The van der Waals surface area contributed by atoms with Gasteiger partial charge in [-0.05, 0) is 48.9 Å². The van der Waals surface area contributed by atoms with Crippen molar-refractivity contribution in [3.05, 3.63) is 0 Å². The van der Waals surface area contributed by atoms with Crippen molar-refractivity contribution in [3.8, 4) is 0 Å². The lowest BCUT2D eigenvalue weighted by atomic mass is 9.51. The smallest absolute Gasteiger partial charge is 0.225 e. The molecule has 0 aromatic rings. The summed E-state index contributed by atoms with van der Waals surface area (Å²) >= 11 is 0. The van der Waals surface area contributed by atoms with Gasteiger partial charge in [-0.25, -0.2) is 0 Å². The molecule has 1 saturated heterocycles. The van der Waals surface area contributed by atoms with Gasteiger partial charge in [0.15, 0.2) is 0 Å². The molecule has 0 radical (unpaired) electrons. The molecular weight excluding hydrogens is 344 g/mol. The van der Waals surface area contributed by atoms with Crippen molar-refractivity contribution in [2.75, 3.05) is 26.3 Å². The number of rotatable bonds is 3. The molecule has 0 aromatic carbocycles. The average molecular weight is 381 g/mol. The van der Waals surface area contributed by atoms with Crippen molar-refractivity contribution < 1.29 is 19.4 Å². The lowest BCUT2D eigenvalue weighted by Gasteiger charge is -2.56. The van der Waals surface area contributed by atoms with Crippen molar-refractivity contribution in [1.29, 1.82) is 0 Å². The second kappa shape index (κ2) is 8.08. The molecule has 0 unspecified atom stereocenters. The Bertz CT molecular complexity index is 562. The summed E-state index contributed by atoms with van der Waals surface area (Å²) in [6, 6.07) is 0.110. The van der Waals surface area contributed by atoms with Crippen LogP contribution in [-0.2, 0) is 14.3 Å². The molecule has 6 heteroatoms. The third-order valence-corrected chi connectivity index (χ3v) is 7.63. The summed E-state index contributed by atoms with van der Waals surface area (Å²) in [5.41, 5.74) is 0.0893. The van der Waals surface area contributed by atoms with Gasteiger partial charge in [-0.3, -0.25) is 9.59 Å². The first-order chi connectivity index (χ1) is 12.7. The minimum absolute atomic E-state index is 0.00633. The molecular formula is C21H36N2O4. The summed E-state index contributed by atoms with van der Waals surface area (Å²) in [6.07, 6.45) is 3.41. The molecule has 0 bridgehead atoms. The summed E-state index contributed by atoms with van der Waals surface area (Å²) in [5, 5.41) is 14.4. The molecule has 154 valence electrons. The molecule has 6 nitrogen and oxygen atoms in total. The lowest BCUT2D eigenvalue weighted by Crippen LogP contribution is -2.58. The maximum atomic E-state index is 13.0. The van der Waals surface area contributed by atoms with Crippen molar-refractivity contribution >= 4 is 11.8 Å². The molecule has 2 N–H and O–H groups in total. The predicted octanol–water partition coefficient (Wildman–Crippen LogP) is 1.81. The van der Waals surface area contributed by atoms with E-state index in [-0.39, 0.29) is 46.9 Å². The molecule has 2 aliphatic carbocycles. The van der Waals surface area contributed by atoms with Gasteiger partial charge in [0.2, 0.25) is 11.8 Å². The molecule has 3 aliphatic rings. The Morgan fingerprint density at radius 3 is 2.48 bits per heavy atom. The van der Waals surface area contributed by atoms with E-state index in [1.807, 2.05) is 11.8 Å². The van der Waals surface area contributed by atoms with Crippen molar-refractivity contribution in [1.82, 2.24) is 10.2 Å². The van der Waals surface area contributed by atoms with Gasteiger partial charge >= 0.3 is 0 Å². The van der Waals surface area contributed by atoms with Gasteiger partial charge in [-0.2, -0.15) is 0 Å². The van der Waals surface area contributed by atoms with Gasteiger partial charge < -0.3 is 20.1 Å². The number of ether oxygens (including phenoxy) is 1. The molecule has 1 heterocycles. The molecule has 2 saturated carbocycles. The largest absolute Gasteiger partial charge is 0.392 e. The number of morpholine rings is 1. The minimum atomic E-state index is -0.504. The highest BCUT2D eigenvalue weighted by atomic mass is 16.5. The van der Waals surface area contributed by atoms with Crippen LogP contribution in [0.2, 0.25) is 0 Å². The number of aliphatic hydroxyl groups excluding tert-OH is 1. The Hall–Kier alpha value is -1.14. The van der Waals surface area contributed by atoms with Gasteiger partial charge in [-0.1, -0.05) is 20.8 Å². The molecule has 2 amide bonds. The monoisotopic (exact) mass is 380 g/mol. The third kappa shape index (κ3) is 4.02. The fourth-order valence-electron chi connectivity index (χ4n) is 6.01. The third-order valence-electron chi connectivity index (χ3n) is 7.63. The molecule has 0 aromatic heterocycles. The minimum Gasteiger partial charge on any atom is -0.392 e. The van der Waals surface area contributed by atoms with Crippen LogP contribution in [-0.4, -0.2) is 60.3 Å². The first-order valence-corrected chi connectivity index (χ1v) is 10.6. The number of fused-ring (bicyclic) bond motifs is 1. The highest BCUT2D eigenvalue weighted by Crippen LogP contribution is 2.55. The van der Waals surface area contributed by atoms with E-state index in [1.54, 1.807) is 6.92 Å². The number of hydrogen-bond acceptors (Lipinski definition) is 4. The standard InChI is InChI=1S/C21H36N2O4/c1-13(20(26)23-9-11-27-12-10-23)16-5-7-21(4)8-6-17(22-15(3)24)14(2)18(21)19(16)25/h13-14,16-19,25H,5-12H2,1-4H3,(H,22,24)/t13-,14+,16-,17-,18+,19-,21-/m0/s1. The Labute approximate surface area is 163 Å². The normalized spacial score (nSPS) is 40.8. The predicted molar refractivity (Wildman–Crippen MR) is 103 cm³/mol. The molecule has 27 heavy (non-hydrogen) atoms. The number of carbonyl (C=O) groups excluding carboxylic acids is 2. The number of aliphatic hydroxyl groups is 1. The maximum absolute atomic E-state index is 13.0. The van der Waals surface area contributed by atoms with E-state index in [9.17, 15) is 14.7 Å². The highest BCUT2D eigenvalue weighted by molar-refractivity contribution is 5.79.